The molecule has 1 atom stereocenters. The van der Waals surface area contributed by atoms with E-state index in [2.05, 4.69) is 5.16 Å². The van der Waals surface area contributed by atoms with E-state index in [9.17, 15) is 9.59 Å². The molecule has 0 bridgehead atoms. The Bertz CT molecular complexity index is 751. The molecule has 2 heterocycles. The van der Waals surface area contributed by atoms with Crippen molar-refractivity contribution in [1.82, 2.24) is 10.1 Å². The summed E-state index contributed by atoms with van der Waals surface area (Å²) in [6.07, 6.45) is 2.23. The number of hydrogen-bond donors (Lipinski definition) is 0. The van der Waals surface area contributed by atoms with Crippen molar-refractivity contribution < 1.29 is 18.8 Å². The molecule has 1 saturated heterocycles. The van der Waals surface area contributed by atoms with E-state index in [1.54, 1.807) is 31.4 Å². The fourth-order valence-corrected chi connectivity index (χ4v) is 3.20. The molecular formula is C19H22N2O4. The van der Waals surface area contributed by atoms with E-state index < -0.39 is 0 Å². The highest BCUT2D eigenvalue weighted by Crippen LogP contribution is 2.32. The number of benzene rings is 1. The molecule has 0 radical (unpaired) electrons. The maximum Gasteiger partial charge on any atom is 0.223 e. The normalized spacial score (nSPS) is 16.9. The first kappa shape index (κ1) is 17.2. The van der Waals surface area contributed by atoms with Gasteiger partial charge in [0.2, 0.25) is 5.91 Å². The van der Waals surface area contributed by atoms with E-state index in [-0.39, 0.29) is 30.6 Å². The minimum atomic E-state index is -0.0407. The molecule has 25 heavy (non-hydrogen) atoms. The molecule has 1 aliphatic heterocycles. The number of nitrogens with zero attached hydrogens (tertiary/aromatic N) is 2. The van der Waals surface area contributed by atoms with Gasteiger partial charge in [0.25, 0.3) is 0 Å². The van der Waals surface area contributed by atoms with E-state index in [1.807, 2.05) is 17.9 Å². The summed E-state index contributed by atoms with van der Waals surface area (Å²) in [5.74, 6) is 1.40. The predicted octanol–water partition coefficient (Wildman–Crippen LogP) is 3.32. The van der Waals surface area contributed by atoms with Crippen molar-refractivity contribution in [2.24, 2.45) is 0 Å². The van der Waals surface area contributed by atoms with Gasteiger partial charge in [0.05, 0.1) is 13.2 Å². The monoisotopic (exact) mass is 342 g/mol. The van der Waals surface area contributed by atoms with Crippen LogP contribution in [0, 0.1) is 6.92 Å². The molecule has 0 unspecified atom stereocenters. The fourth-order valence-electron chi connectivity index (χ4n) is 3.20. The molecule has 0 aliphatic carbocycles. The van der Waals surface area contributed by atoms with Crippen molar-refractivity contribution in [3.8, 4) is 5.75 Å². The first-order valence-corrected chi connectivity index (χ1v) is 8.48. The second-order valence-corrected chi connectivity index (χ2v) is 6.26. The van der Waals surface area contributed by atoms with E-state index >= 15 is 0 Å². The average Bonchev–Trinajstić information content (AvgIpc) is 3.28. The van der Waals surface area contributed by atoms with Crippen LogP contribution in [-0.4, -0.2) is 35.4 Å². The number of ketones is 1. The molecule has 3 rings (SSSR count). The predicted molar refractivity (Wildman–Crippen MR) is 91.5 cm³/mol. The van der Waals surface area contributed by atoms with Crippen LogP contribution in [0.5, 0.6) is 5.75 Å². The molecule has 2 aromatic rings. The maximum absolute atomic E-state index is 12.6. The Balaban J connectivity index is 1.58. The second-order valence-electron chi connectivity index (χ2n) is 6.26. The Hall–Kier alpha value is -2.63. The number of aromatic nitrogens is 1. The third-order valence-corrected chi connectivity index (χ3v) is 4.54. The zero-order chi connectivity index (χ0) is 17.8. The number of ether oxygens (including phenoxy) is 1. The Kier molecular flexibility index (Phi) is 5.16. The summed E-state index contributed by atoms with van der Waals surface area (Å²) in [5, 5.41) is 4.04. The number of rotatable bonds is 6. The van der Waals surface area contributed by atoms with Gasteiger partial charge in [-0.1, -0.05) is 5.16 Å². The van der Waals surface area contributed by atoms with E-state index in [1.165, 1.54) is 0 Å². The van der Waals surface area contributed by atoms with Crippen molar-refractivity contribution in [3.05, 3.63) is 47.3 Å². The topological polar surface area (TPSA) is 72.6 Å². The summed E-state index contributed by atoms with van der Waals surface area (Å²) in [4.78, 5) is 26.7. The molecule has 1 aromatic heterocycles. The summed E-state index contributed by atoms with van der Waals surface area (Å²) < 4.78 is 10.2. The molecule has 0 saturated carbocycles. The molecule has 1 fully saturated rings. The SMILES string of the molecule is COc1ccc(C(=O)CCC(=O)N2CCC[C@H]2c2cc(C)on2)cc1. The van der Waals surface area contributed by atoms with Crippen molar-refractivity contribution in [2.45, 2.75) is 38.6 Å². The summed E-state index contributed by atoms with van der Waals surface area (Å²) in [5.41, 5.74) is 1.39. The first-order chi connectivity index (χ1) is 12.1. The van der Waals surface area contributed by atoms with Gasteiger partial charge in [0.1, 0.15) is 17.2 Å². The molecule has 132 valence electrons. The van der Waals surface area contributed by atoms with Gasteiger partial charge in [0.15, 0.2) is 5.78 Å². The van der Waals surface area contributed by atoms with Crippen LogP contribution in [-0.2, 0) is 4.79 Å². The first-order valence-electron chi connectivity index (χ1n) is 8.48. The van der Waals surface area contributed by atoms with Crippen molar-refractivity contribution in [2.75, 3.05) is 13.7 Å². The number of methoxy groups -OCH3 is 1. The fraction of sp³-hybridized carbons (Fsp3) is 0.421. The van der Waals surface area contributed by atoms with Crippen LogP contribution in [0.3, 0.4) is 0 Å². The molecule has 6 nitrogen and oxygen atoms in total. The van der Waals surface area contributed by atoms with Crippen LogP contribution >= 0.6 is 0 Å². The van der Waals surface area contributed by atoms with Crippen molar-refractivity contribution in [1.29, 1.82) is 0 Å². The zero-order valence-corrected chi connectivity index (χ0v) is 14.5. The number of carbonyl (C=O) groups is 2. The summed E-state index contributed by atoms with van der Waals surface area (Å²) >= 11 is 0. The summed E-state index contributed by atoms with van der Waals surface area (Å²) in [6, 6.07) is 8.78. The second kappa shape index (κ2) is 7.51. The number of carbonyl (C=O) groups excluding carboxylic acids is 2. The standard InChI is InChI=1S/C19H22N2O4/c1-13-12-16(20-25-13)17-4-3-11-21(17)19(23)10-9-18(22)14-5-7-15(24-2)8-6-14/h5-8,12,17H,3-4,9-11H2,1-2H3/t17-/m0/s1. The van der Waals surface area contributed by atoms with Crippen molar-refractivity contribution >= 4 is 11.7 Å². The quantitative estimate of drug-likeness (QED) is 0.753. The van der Waals surface area contributed by atoms with Gasteiger partial charge in [-0.25, -0.2) is 0 Å². The average molecular weight is 342 g/mol. The Labute approximate surface area is 146 Å². The lowest BCUT2D eigenvalue weighted by molar-refractivity contribution is -0.132. The molecular weight excluding hydrogens is 320 g/mol. The number of hydrogen-bond acceptors (Lipinski definition) is 5. The number of likely N-dealkylation sites (tertiary alicyclic amines) is 1. The van der Waals surface area contributed by atoms with E-state index in [0.717, 1.165) is 24.3 Å². The molecule has 1 aliphatic rings. The number of amides is 1. The van der Waals surface area contributed by atoms with E-state index in [4.69, 9.17) is 9.26 Å². The van der Waals surface area contributed by atoms with Gasteiger partial charge in [-0.2, -0.15) is 0 Å². The minimum Gasteiger partial charge on any atom is -0.497 e. The molecule has 6 heteroatoms. The van der Waals surface area contributed by atoms with Gasteiger partial charge < -0.3 is 14.2 Å². The minimum absolute atomic E-state index is 0.00925. The van der Waals surface area contributed by atoms with E-state index in [0.29, 0.717) is 17.9 Å². The number of aryl methyl sites for hydroxylation is 1. The van der Waals surface area contributed by atoms with Gasteiger partial charge >= 0.3 is 0 Å². The summed E-state index contributed by atoms with van der Waals surface area (Å²) in [7, 11) is 1.58. The zero-order valence-electron chi connectivity index (χ0n) is 14.5. The Morgan fingerprint density at radius 3 is 2.68 bits per heavy atom. The largest absolute Gasteiger partial charge is 0.497 e. The van der Waals surface area contributed by atoms with Crippen LogP contribution in [0.25, 0.3) is 0 Å². The van der Waals surface area contributed by atoms with Gasteiger partial charge in [0, 0.05) is 31.0 Å². The highest BCUT2D eigenvalue weighted by atomic mass is 16.5. The lowest BCUT2D eigenvalue weighted by Crippen LogP contribution is -2.30. The smallest absolute Gasteiger partial charge is 0.223 e. The highest BCUT2D eigenvalue weighted by Gasteiger charge is 2.31. The van der Waals surface area contributed by atoms with Gasteiger partial charge in [-0.15, -0.1) is 0 Å². The Morgan fingerprint density at radius 2 is 2.04 bits per heavy atom. The van der Waals surface area contributed by atoms with Gasteiger partial charge in [-0.3, -0.25) is 9.59 Å². The molecule has 0 N–H and O–H groups in total. The van der Waals surface area contributed by atoms with Crippen molar-refractivity contribution in [3.63, 3.8) is 0 Å². The molecule has 1 amide bonds. The van der Waals surface area contributed by atoms with Crippen LogP contribution in [0.15, 0.2) is 34.9 Å². The lowest BCUT2D eigenvalue weighted by atomic mass is 10.1. The number of Topliss-reactive ketones (excluding diaryl/α,β-unsaturated/α-hetero) is 1. The van der Waals surface area contributed by atoms with Crippen LogP contribution < -0.4 is 4.74 Å². The van der Waals surface area contributed by atoms with Crippen LogP contribution in [0.1, 0.15) is 53.5 Å². The Morgan fingerprint density at radius 1 is 1.28 bits per heavy atom. The summed E-state index contributed by atoms with van der Waals surface area (Å²) in [6.45, 7) is 2.54. The molecule has 0 spiro atoms. The highest BCUT2D eigenvalue weighted by molar-refractivity contribution is 5.98. The third-order valence-electron chi connectivity index (χ3n) is 4.54. The molecule has 1 aromatic carbocycles. The van der Waals surface area contributed by atoms with Gasteiger partial charge in [-0.05, 0) is 44.0 Å². The van der Waals surface area contributed by atoms with Crippen LogP contribution in [0.2, 0.25) is 0 Å². The van der Waals surface area contributed by atoms with Crippen LogP contribution in [0.4, 0.5) is 0 Å². The third kappa shape index (κ3) is 3.90. The maximum atomic E-state index is 12.6. The lowest BCUT2D eigenvalue weighted by Gasteiger charge is -2.22.